The molecule has 0 spiro atoms. The monoisotopic (exact) mass is 210 g/mol. The van der Waals surface area contributed by atoms with Crippen molar-refractivity contribution in [3.05, 3.63) is 0 Å². The average Bonchev–Trinajstić information content (AvgIpc) is 3.00. The van der Waals surface area contributed by atoms with E-state index in [4.69, 9.17) is 5.11 Å². The summed E-state index contributed by atoms with van der Waals surface area (Å²) in [4.78, 5) is 22.3. The van der Waals surface area contributed by atoms with Crippen LogP contribution in [0.3, 0.4) is 0 Å². The van der Waals surface area contributed by atoms with E-state index >= 15 is 0 Å². The van der Waals surface area contributed by atoms with E-state index in [9.17, 15) is 9.59 Å². The van der Waals surface area contributed by atoms with E-state index in [1.54, 1.807) is 0 Å². The fourth-order valence-electron chi connectivity index (χ4n) is 1.82. The summed E-state index contributed by atoms with van der Waals surface area (Å²) < 4.78 is 0. The second-order valence-corrected chi connectivity index (χ2v) is 4.17. The molecule has 1 amide bonds. The molecule has 1 heterocycles. The van der Waals surface area contributed by atoms with Crippen LogP contribution in [-0.2, 0) is 9.59 Å². The van der Waals surface area contributed by atoms with Gasteiger partial charge in [0.25, 0.3) is 0 Å². The summed E-state index contributed by atoms with van der Waals surface area (Å²) in [5.41, 5.74) is 0.0992. The van der Waals surface area contributed by atoms with E-state index in [1.807, 2.05) is 6.92 Å². The van der Waals surface area contributed by atoms with Crippen LogP contribution in [0.2, 0.25) is 0 Å². The molecule has 1 aliphatic heterocycles. The van der Waals surface area contributed by atoms with E-state index < -0.39 is 5.97 Å². The number of rotatable bonds is 3. The Bertz CT molecular complexity index is 334. The normalized spacial score (nSPS) is 23.7. The molecule has 1 N–H and O–H groups in total. The molecule has 1 fully saturated rings. The lowest BCUT2D eigenvalue weighted by Gasteiger charge is -2.27. The molecule has 0 saturated heterocycles. The van der Waals surface area contributed by atoms with Gasteiger partial charge in [-0.05, 0) is 25.7 Å². The third kappa shape index (κ3) is 2.00. The SMILES string of the molecule is CC(C1CC1)N1N=C(C(=O)O)CCC1=O. The number of carboxylic acids is 1. The van der Waals surface area contributed by atoms with Crippen molar-refractivity contribution in [3.63, 3.8) is 0 Å². The van der Waals surface area contributed by atoms with Gasteiger partial charge in [0, 0.05) is 12.8 Å². The van der Waals surface area contributed by atoms with E-state index in [2.05, 4.69) is 5.10 Å². The predicted octanol–water partition coefficient (Wildman–Crippen LogP) is 0.848. The Labute approximate surface area is 87.8 Å². The molecule has 0 radical (unpaired) electrons. The molecular formula is C10H14N2O3. The molecule has 5 nitrogen and oxygen atoms in total. The highest BCUT2D eigenvalue weighted by atomic mass is 16.4. The van der Waals surface area contributed by atoms with Crippen LogP contribution in [-0.4, -0.2) is 33.7 Å². The largest absolute Gasteiger partial charge is 0.477 e. The number of carbonyl (C=O) groups is 2. The molecule has 2 rings (SSSR count). The summed E-state index contributed by atoms with van der Waals surface area (Å²) in [6, 6.07) is 0.0483. The van der Waals surface area contributed by atoms with Crippen LogP contribution < -0.4 is 0 Å². The van der Waals surface area contributed by atoms with Crippen molar-refractivity contribution in [1.29, 1.82) is 0 Å². The Kier molecular flexibility index (Phi) is 2.46. The second-order valence-electron chi connectivity index (χ2n) is 4.17. The summed E-state index contributed by atoms with van der Waals surface area (Å²) in [5.74, 6) is -0.569. The third-order valence-electron chi connectivity index (χ3n) is 3.00. The van der Waals surface area contributed by atoms with Gasteiger partial charge < -0.3 is 5.11 Å². The van der Waals surface area contributed by atoms with Gasteiger partial charge in [0.15, 0.2) is 0 Å². The van der Waals surface area contributed by atoms with Crippen molar-refractivity contribution < 1.29 is 14.7 Å². The maximum atomic E-state index is 11.6. The predicted molar refractivity (Wildman–Crippen MR) is 53.3 cm³/mol. The van der Waals surface area contributed by atoms with Crippen molar-refractivity contribution in [2.45, 2.75) is 38.6 Å². The van der Waals surface area contributed by atoms with Gasteiger partial charge in [-0.25, -0.2) is 9.80 Å². The van der Waals surface area contributed by atoms with Crippen LogP contribution in [0.5, 0.6) is 0 Å². The number of hydrogen-bond acceptors (Lipinski definition) is 3. The summed E-state index contributed by atoms with van der Waals surface area (Å²) in [5, 5.41) is 14.1. The van der Waals surface area contributed by atoms with Crippen LogP contribution in [0.4, 0.5) is 0 Å². The summed E-state index contributed by atoms with van der Waals surface area (Å²) in [6.45, 7) is 1.93. The molecule has 0 aromatic rings. The molecule has 1 atom stereocenters. The van der Waals surface area contributed by atoms with Gasteiger partial charge in [-0.15, -0.1) is 0 Å². The molecule has 0 aromatic carbocycles. The van der Waals surface area contributed by atoms with Gasteiger partial charge in [-0.1, -0.05) is 0 Å². The first kappa shape index (κ1) is 10.1. The zero-order valence-electron chi connectivity index (χ0n) is 8.64. The number of carbonyl (C=O) groups excluding carboxylic acids is 1. The topological polar surface area (TPSA) is 70.0 Å². The van der Waals surface area contributed by atoms with E-state index in [1.165, 1.54) is 5.01 Å². The average molecular weight is 210 g/mol. The van der Waals surface area contributed by atoms with Gasteiger partial charge in [-0.2, -0.15) is 5.10 Å². The summed E-state index contributed by atoms with van der Waals surface area (Å²) >= 11 is 0. The number of amides is 1. The fraction of sp³-hybridized carbons (Fsp3) is 0.700. The molecule has 82 valence electrons. The van der Waals surface area contributed by atoms with Crippen molar-refractivity contribution in [2.75, 3.05) is 0 Å². The number of carboxylic acid groups (broad SMARTS) is 1. The first-order valence-electron chi connectivity index (χ1n) is 5.22. The second kappa shape index (κ2) is 3.64. The smallest absolute Gasteiger partial charge is 0.352 e. The molecular weight excluding hydrogens is 196 g/mol. The molecule has 2 aliphatic rings. The van der Waals surface area contributed by atoms with Crippen LogP contribution >= 0.6 is 0 Å². The lowest BCUT2D eigenvalue weighted by molar-refractivity contribution is -0.135. The van der Waals surface area contributed by atoms with E-state index in [0.717, 1.165) is 12.8 Å². The Hall–Kier alpha value is -1.39. The third-order valence-corrected chi connectivity index (χ3v) is 3.00. The minimum atomic E-state index is -1.02. The maximum Gasteiger partial charge on any atom is 0.352 e. The van der Waals surface area contributed by atoms with Crippen molar-refractivity contribution >= 4 is 17.6 Å². The van der Waals surface area contributed by atoms with Crippen LogP contribution in [0, 0.1) is 5.92 Å². The minimum absolute atomic E-state index is 0.0483. The van der Waals surface area contributed by atoms with Gasteiger partial charge in [-0.3, -0.25) is 4.79 Å². The quantitative estimate of drug-likeness (QED) is 0.750. The Morgan fingerprint density at radius 3 is 2.73 bits per heavy atom. The molecule has 0 bridgehead atoms. The van der Waals surface area contributed by atoms with Gasteiger partial charge in [0.1, 0.15) is 5.71 Å². The Morgan fingerprint density at radius 1 is 1.53 bits per heavy atom. The molecule has 15 heavy (non-hydrogen) atoms. The first-order chi connectivity index (χ1) is 7.09. The van der Waals surface area contributed by atoms with Gasteiger partial charge in [0.2, 0.25) is 5.91 Å². The molecule has 1 aliphatic carbocycles. The van der Waals surface area contributed by atoms with Gasteiger partial charge >= 0.3 is 5.97 Å². The number of aliphatic carboxylic acids is 1. The number of nitrogens with zero attached hydrogens (tertiary/aromatic N) is 2. The molecule has 1 saturated carbocycles. The van der Waals surface area contributed by atoms with Crippen LogP contribution in [0.25, 0.3) is 0 Å². The zero-order valence-corrected chi connectivity index (χ0v) is 8.64. The Balaban J connectivity index is 2.16. The highest BCUT2D eigenvalue weighted by Crippen LogP contribution is 2.36. The van der Waals surface area contributed by atoms with E-state index in [0.29, 0.717) is 5.92 Å². The highest BCUT2D eigenvalue weighted by Gasteiger charge is 2.36. The van der Waals surface area contributed by atoms with Gasteiger partial charge in [0.05, 0.1) is 6.04 Å². The van der Waals surface area contributed by atoms with Crippen molar-refractivity contribution in [1.82, 2.24) is 5.01 Å². The first-order valence-corrected chi connectivity index (χ1v) is 5.22. The van der Waals surface area contributed by atoms with Crippen molar-refractivity contribution in [3.8, 4) is 0 Å². The number of hydrogen-bond donors (Lipinski definition) is 1. The fourth-order valence-corrected chi connectivity index (χ4v) is 1.82. The molecule has 5 heteroatoms. The summed E-state index contributed by atoms with van der Waals surface area (Å²) in [6.07, 6.45) is 2.75. The van der Waals surface area contributed by atoms with Crippen LogP contribution in [0.1, 0.15) is 32.6 Å². The molecule has 0 aromatic heterocycles. The van der Waals surface area contributed by atoms with Crippen molar-refractivity contribution in [2.24, 2.45) is 11.0 Å². The lowest BCUT2D eigenvalue weighted by Crippen LogP contribution is -2.40. The highest BCUT2D eigenvalue weighted by molar-refractivity contribution is 6.36. The van der Waals surface area contributed by atoms with Crippen LogP contribution in [0.15, 0.2) is 5.10 Å². The van der Waals surface area contributed by atoms with E-state index in [-0.39, 0.29) is 30.5 Å². The maximum absolute atomic E-state index is 11.6. The summed E-state index contributed by atoms with van der Waals surface area (Å²) in [7, 11) is 0. The standard InChI is InChI=1S/C10H14N2O3/c1-6(7-2-3-7)12-9(13)5-4-8(11-12)10(14)15/h6-7H,2-5H2,1H3,(H,14,15). The lowest BCUT2D eigenvalue weighted by atomic mass is 10.1. The Morgan fingerprint density at radius 2 is 2.20 bits per heavy atom. The zero-order chi connectivity index (χ0) is 11.0. The molecule has 1 unspecified atom stereocenters. The minimum Gasteiger partial charge on any atom is -0.477 e. The number of hydrazone groups is 1.